The van der Waals surface area contributed by atoms with Crippen molar-refractivity contribution in [3.8, 4) is 18.0 Å². The molecule has 0 atom stereocenters. The lowest BCUT2D eigenvalue weighted by Crippen LogP contribution is -2.35. The van der Waals surface area contributed by atoms with Gasteiger partial charge in [-0.25, -0.2) is 4.79 Å². The number of hydrogen-bond acceptors (Lipinski definition) is 8. The minimum absolute atomic E-state index is 0.0618. The molecule has 0 spiro atoms. The first-order valence-electron chi connectivity index (χ1n) is 7.87. The molecule has 0 aromatic carbocycles. The van der Waals surface area contributed by atoms with Gasteiger partial charge in [0.1, 0.15) is 12.1 Å². The molecule has 0 aliphatic rings. The van der Waals surface area contributed by atoms with E-state index in [0.29, 0.717) is 6.42 Å². The van der Waals surface area contributed by atoms with Gasteiger partial charge in [0.05, 0.1) is 6.61 Å². The smallest absolute Gasteiger partial charge is 0.331 e. The molecule has 2 aromatic heterocycles. The van der Waals surface area contributed by atoms with Gasteiger partial charge in [0, 0.05) is 6.54 Å². The topological polar surface area (TPSA) is 165 Å². The lowest BCUT2D eigenvalue weighted by Gasteiger charge is -2.08. The van der Waals surface area contributed by atoms with Crippen molar-refractivity contribution in [1.29, 1.82) is 10.5 Å². The van der Waals surface area contributed by atoms with E-state index in [9.17, 15) is 9.59 Å². The number of unbranched alkanes of at least 4 members (excludes halogenated alkanes) is 1. The molecule has 11 nitrogen and oxygen atoms in total. The van der Waals surface area contributed by atoms with Crippen LogP contribution in [0, 0.1) is 22.7 Å². The van der Waals surface area contributed by atoms with E-state index in [4.69, 9.17) is 15.3 Å². The Morgan fingerprint density at radius 1 is 1.19 bits per heavy atom. The first kappa shape index (κ1) is 18.6. The maximum Gasteiger partial charge on any atom is 0.331 e. The quantitative estimate of drug-likeness (QED) is 0.715. The SMILES string of the molecule is CCCCn1c(=O)[nH]c(OCC)c(N=Nc2nc(C#N)c(C#N)[nH]2)c1=O. The fourth-order valence-electron chi connectivity index (χ4n) is 2.06. The number of H-pyrrole nitrogens is 2. The van der Waals surface area contributed by atoms with Gasteiger partial charge >= 0.3 is 5.69 Å². The highest BCUT2D eigenvalue weighted by atomic mass is 16.5. The number of aromatic amines is 2. The zero-order valence-corrected chi connectivity index (χ0v) is 14.2. The molecule has 0 amide bonds. The number of imidazole rings is 1. The second kappa shape index (κ2) is 8.39. The first-order chi connectivity index (χ1) is 12.5. The van der Waals surface area contributed by atoms with Crippen LogP contribution < -0.4 is 16.0 Å². The molecule has 2 aromatic rings. The third kappa shape index (κ3) is 3.84. The van der Waals surface area contributed by atoms with E-state index in [0.717, 1.165) is 11.0 Å². The summed E-state index contributed by atoms with van der Waals surface area (Å²) in [6, 6.07) is 3.51. The monoisotopic (exact) mass is 356 g/mol. The average molecular weight is 356 g/mol. The van der Waals surface area contributed by atoms with E-state index in [1.165, 1.54) is 0 Å². The molecule has 0 saturated heterocycles. The van der Waals surface area contributed by atoms with Crippen LogP contribution in [0.3, 0.4) is 0 Å². The van der Waals surface area contributed by atoms with Crippen molar-refractivity contribution in [1.82, 2.24) is 19.5 Å². The van der Waals surface area contributed by atoms with Gasteiger partial charge < -0.3 is 9.72 Å². The summed E-state index contributed by atoms with van der Waals surface area (Å²) in [4.78, 5) is 33.4. The number of ether oxygens (including phenoxy) is 1. The van der Waals surface area contributed by atoms with Gasteiger partial charge in [-0.3, -0.25) is 14.3 Å². The molecule has 2 rings (SSSR count). The van der Waals surface area contributed by atoms with Crippen molar-refractivity contribution in [2.24, 2.45) is 10.2 Å². The Morgan fingerprint density at radius 2 is 1.96 bits per heavy atom. The predicted octanol–water partition coefficient (Wildman–Crippen LogP) is 1.62. The summed E-state index contributed by atoms with van der Waals surface area (Å²) in [6.07, 6.45) is 1.44. The molecule has 134 valence electrons. The van der Waals surface area contributed by atoms with Crippen LogP contribution in [-0.4, -0.2) is 26.1 Å². The van der Waals surface area contributed by atoms with E-state index in [-0.39, 0.29) is 42.1 Å². The third-order valence-corrected chi connectivity index (χ3v) is 3.31. The molecule has 0 fully saturated rings. The number of aromatic nitrogens is 4. The van der Waals surface area contributed by atoms with Gasteiger partial charge in [0.2, 0.25) is 17.5 Å². The molecule has 0 bridgehead atoms. The van der Waals surface area contributed by atoms with Crippen LogP contribution in [0.2, 0.25) is 0 Å². The highest BCUT2D eigenvalue weighted by Gasteiger charge is 2.16. The summed E-state index contributed by atoms with van der Waals surface area (Å²) in [5.41, 5.74) is -1.64. The van der Waals surface area contributed by atoms with Crippen LogP contribution in [0.5, 0.6) is 5.88 Å². The molecular formula is C15H16N8O3. The molecule has 0 unspecified atom stereocenters. The Bertz CT molecular complexity index is 984. The molecule has 0 saturated carbocycles. The number of azo groups is 1. The van der Waals surface area contributed by atoms with Crippen LogP contribution in [0.1, 0.15) is 38.1 Å². The standard InChI is InChI=1S/C15H16N8O3/c1-3-5-6-23-13(24)11(12(26-4-2)20-15(23)25)21-22-14-18-9(7-16)10(8-17)19-14/h3-6H2,1-2H3,(H,18,19)(H,20,25). The Kier molecular flexibility index (Phi) is 6.01. The summed E-state index contributed by atoms with van der Waals surface area (Å²) in [5, 5.41) is 25.3. The Labute approximate surface area is 147 Å². The van der Waals surface area contributed by atoms with Crippen LogP contribution in [-0.2, 0) is 6.54 Å². The van der Waals surface area contributed by atoms with Crippen LogP contribution >= 0.6 is 0 Å². The molecule has 26 heavy (non-hydrogen) atoms. The minimum atomic E-state index is -0.651. The van der Waals surface area contributed by atoms with Crippen molar-refractivity contribution in [2.45, 2.75) is 33.2 Å². The molecule has 0 radical (unpaired) electrons. The molecular weight excluding hydrogens is 340 g/mol. The minimum Gasteiger partial charge on any atom is -0.477 e. The van der Waals surface area contributed by atoms with Crippen molar-refractivity contribution in [3.63, 3.8) is 0 Å². The highest BCUT2D eigenvalue weighted by Crippen LogP contribution is 2.21. The van der Waals surface area contributed by atoms with E-state index in [2.05, 4.69) is 25.2 Å². The largest absolute Gasteiger partial charge is 0.477 e. The molecule has 2 heterocycles. The van der Waals surface area contributed by atoms with Gasteiger partial charge in [-0.1, -0.05) is 13.3 Å². The maximum absolute atomic E-state index is 12.6. The van der Waals surface area contributed by atoms with E-state index < -0.39 is 11.2 Å². The number of nitrogens with one attached hydrogen (secondary N) is 2. The lowest BCUT2D eigenvalue weighted by atomic mass is 10.3. The van der Waals surface area contributed by atoms with E-state index in [1.807, 2.05) is 6.92 Å². The van der Waals surface area contributed by atoms with E-state index >= 15 is 0 Å². The van der Waals surface area contributed by atoms with Crippen LogP contribution in [0.25, 0.3) is 0 Å². The lowest BCUT2D eigenvalue weighted by molar-refractivity contribution is 0.323. The van der Waals surface area contributed by atoms with Gasteiger partial charge in [0.25, 0.3) is 5.56 Å². The maximum atomic E-state index is 12.6. The average Bonchev–Trinajstić information content (AvgIpc) is 3.03. The first-order valence-corrected chi connectivity index (χ1v) is 7.87. The number of nitriles is 2. The Morgan fingerprint density at radius 3 is 2.54 bits per heavy atom. The summed E-state index contributed by atoms with van der Waals surface area (Å²) in [6.45, 7) is 4.06. The second-order valence-corrected chi connectivity index (χ2v) is 5.06. The van der Waals surface area contributed by atoms with Crippen molar-refractivity contribution in [2.75, 3.05) is 6.61 Å². The van der Waals surface area contributed by atoms with Crippen LogP contribution in [0.4, 0.5) is 11.6 Å². The summed E-state index contributed by atoms with van der Waals surface area (Å²) >= 11 is 0. The summed E-state index contributed by atoms with van der Waals surface area (Å²) < 4.78 is 6.28. The van der Waals surface area contributed by atoms with Gasteiger partial charge in [-0.15, -0.1) is 10.2 Å². The normalized spacial score (nSPS) is 10.6. The Balaban J connectivity index is 2.51. The number of rotatable bonds is 7. The van der Waals surface area contributed by atoms with Gasteiger partial charge in [-0.2, -0.15) is 15.5 Å². The highest BCUT2D eigenvalue weighted by molar-refractivity contribution is 5.45. The fraction of sp³-hybridized carbons (Fsp3) is 0.400. The fourth-order valence-corrected chi connectivity index (χ4v) is 2.06. The molecule has 0 aliphatic carbocycles. The van der Waals surface area contributed by atoms with Crippen molar-refractivity contribution >= 4 is 11.6 Å². The number of nitrogens with zero attached hydrogens (tertiary/aromatic N) is 6. The molecule has 2 N–H and O–H groups in total. The number of hydrogen-bond donors (Lipinski definition) is 2. The van der Waals surface area contributed by atoms with Crippen LogP contribution in [0.15, 0.2) is 19.8 Å². The summed E-state index contributed by atoms with van der Waals surface area (Å²) in [5.74, 6) is -0.224. The molecule has 0 aliphatic heterocycles. The third-order valence-electron chi connectivity index (χ3n) is 3.31. The molecule has 11 heteroatoms. The second-order valence-electron chi connectivity index (χ2n) is 5.06. The summed E-state index contributed by atoms with van der Waals surface area (Å²) in [7, 11) is 0. The zero-order chi connectivity index (χ0) is 19.1. The van der Waals surface area contributed by atoms with Crippen molar-refractivity contribution < 1.29 is 4.74 Å². The van der Waals surface area contributed by atoms with Crippen molar-refractivity contribution in [3.05, 3.63) is 32.2 Å². The van der Waals surface area contributed by atoms with Gasteiger partial charge in [0.15, 0.2) is 11.4 Å². The Hall–Kier alpha value is -3.73. The zero-order valence-electron chi connectivity index (χ0n) is 14.2. The van der Waals surface area contributed by atoms with Gasteiger partial charge in [-0.05, 0) is 13.3 Å². The predicted molar refractivity (Wildman–Crippen MR) is 89.6 cm³/mol. The van der Waals surface area contributed by atoms with E-state index in [1.54, 1.807) is 19.1 Å².